The van der Waals surface area contributed by atoms with Crippen LogP contribution in [0.15, 0.2) is 36.4 Å². The Balaban J connectivity index is 1.48. The van der Waals surface area contributed by atoms with E-state index in [0.29, 0.717) is 44.8 Å². The average molecular weight is 432 g/mol. The van der Waals surface area contributed by atoms with Crippen molar-refractivity contribution in [3.05, 3.63) is 42.0 Å². The Labute approximate surface area is 178 Å². The number of benzene rings is 2. The van der Waals surface area contributed by atoms with Gasteiger partial charge in [0.05, 0.1) is 7.11 Å². The summed E-state index contributed by atoms with van der Waals surface area (Å²) in [5.74, 6) is 0.663. The van der Waals surface area contributed by atoms with E-state index >= 15 is 0 Å². The Morgan fingerprint density at radius 2 is 1.40 bits per heavy atom. The highest BCUT2D eigenvalue weighted by Crippen LogP contribution is 2.29. The Morgan fingerprint density at radius 1 is 0.800 bits per heavy atom. The van der Waals surface area contributed by atoms with E-state index in [1.54, 1.807) is 22.4 Å². The van der Waals surface area contributed by atoms with E-state index in [0.717, 1.165) is 42.2 Å². The maximum atomic E-state index is 13.2. The zero-order valence-corrected chi connectivity index (χ0v) is 18.2. The second-order valence-electron chi connectivity index (χ2n) is 7.87. The van der Waals surface area contributed by atoms with Crippen LogP contribution in [0.25, 0.3) is 10.8 Å². The summed E-state index contributed by atoms with van der Waals surface area (Å²) in [6.07, 6.45) is 4.01. The van der Waals surface area contributed by atoms with E-state index < -0.39 is 10.2 Å². The Kier molecular flexibility index (Phi) is 6.26. The number of nitrogens with zero attached hydrogens (tertiary/aromatic N) is 3. The summed E-state index contributed by atoms with van der Waals surface area (Å²) in [6.45, 7) is 2.65. The normalized spacial score (nSPS) is 19.6. The van der Waals surface area contributed by atoms with Gasteiger partial charge in [-0.1, -0.05) is 37.1 Å². The highest BCUT2D eigenvalue weighted by Gasteiger charge is 2.34. The lowest BCUT2D eigenvalue weighted by Crippen LogP contribution is -2.54. The van der Waals surface area contributed by atoms with Gasteiger partial charge in [-0.2, -0.15) is 17.0 Å². The molecule has 1 amide bonds. The fourth-order valence-corrected chi connectivity index (χ4v) is 6.03. The number of methoxy groups -OCH3 is 1. The van der Waals surface area contributed by atoms with Gasteiger partial charge in [0.1, 0.15) is 5.75 Å². The van der Waals surface area contributed by atoms with E-state index in [1.807, 2.05) is 30.3 Å². The number of amides is 1. The van der Waals surface area contributed by atoms with Crippen LogP contribution in [0.5, 0.6) is 5.75 Å². The summed E-state index contributed by atoms with van der Waals surface area (Å²) in [4.78, 5) is 15.0. The van der Waals surface area contributed by atoms with Crippen molar-refractivity contribution >= 4 is 26.9 Å². The van der Waals surface area contributed by atoms with Gasteiger partial charge in [-0.25, -0.2) is 0 Å². The second-order valence-corrected chi connectivity index (χ2v) is 9.80. The first-order chi connectivity index (χ1) is 14.5. The maximum absolute atomic E-state index is 13.2. The molecular formula is C22H29N3O4S. The van der Waals surface area contributed by atoms with Crippen molar-refractivity contribution in [3.8, 4) is 5.75 Å². The van der Waals surface area contributed by atoms with Crippen molar-refractivity contribution in [2.75, 3.05) is 46.4 Å². The molecular weight excluding hydrogens is 402 g/mol. The molecule has 2 saturated heterocycles. The monoisotopic (exact) mass is 431 g/mol. The van der Waals surface area contributed by atoms with Crippen LogP contribution in [0.4, 0.5) is 0 Å². The molecule has 4 rings (SSSR count). The third-order valence-corrected chi connectivity index (χ3v) is 8.11. The van der Waals surface area contributed by atoms with Gasteiger partial charge in [0.25, 0.3) is 16.1 Å². The van der Waals surface area contributed by atoms with Gasteiger partial charge < -0.3 is 9.64 Å². The molecule has 0 saturated carbocycles. The molecule has 2 aromatic carbocycles. The minimum Gasteiger partial charge on any atom is -0.496 e. The van der Waals surface area contributed by atoms with Crippen molar-refractivity contribution in [2.45, 2.75) is 25.7 Å². The third-order valence-electron chi connectivity index (χ3n) is 6.08. The summed E-state index contributed by atoms with van der Waals surface area (Å²) in [5, 5.41) is 1.75. The molecule has 0 aliphatic carbocycles. The predicted octanol–water partition coefficient (Wildman–Crippen LogP) is 2.73. The van der Waals surface area contributed by atoms with Crippen LogP contribution < -0.4 is 4.74 Å². The van der Waals surface area contributed by atoms with Gasteiger partial charge in [0.2, 0.25) is 0 Å². The molecule has 0 radical (unpaired) electrons. The van der Waals surface area contributed by atoms with Gasteiger partial charge >= 0.3 is 0 Å². The molecule has 30 heavy (non-hydrogen) atoms. The summed E-state index contributed by atoms with van der Waals surface area (Å²) < 4.78 is 34.6. The van der Waals surface area contributed by atoms with E-state index in [9.17, 15) is 13.2 Å². The van der Waals surface area contributed by atoms with Crippen LogP contribution in [-0.4, -0.2) is 74.2 Å². The highest BCUT2D eigenvalue weighted by molar-refractivity contribution is 7.86. The first kappa shape index (κ1) is 21.1. The van der Waals surface area contributed by atoms with Crippen molar-refractivity contribution in [1.29, 1.82) is 0 Å². The molecule has 2 aliphatic heterocycles. The first-order valence-electron chi connectivity index (χ1n) is 10.6. The molecule has 0 unspecified atom stereocenters. The lowest BCUT2D eigenvalue weighted by Gasteiger charge is -2.36. The molecule has 0 spiro atoms. The lowest BCUT2D eigenvalue weighted by molar-refractivity contribution is 0.0696. The van der Waals surface area contributed by atoms with Gasteiger partial charge in [-0.15, -0.1) is 0 Å². The van der Waals surface area contributed by atoms with Crippen molar-refractivity contribution < 1.29 is 17.9 Å². The number of hydrogen-bond acceptors (Lipinski definition) is 4. The van der Waals surface area contributed by atoms with Crippen LogP contribution in [0.1, 0.15) is 36.0 Å². The molecule has 0 bridgehead atoms. The fourth-order valence-electron chi connectivity index (χ4n) is 4.36. The summed E-state index contributed by atoms with van der Waals surface area (Å²) >= 11 is 0. The molecule has 2 aromatic rings. The van der Waals surface area contributed by atoms with Crippen LogP contribution in [-0.2, 0) is 10.2 Å². The predicted molar refractivity (Wildman–Crippen MR) is 117 cm³/mol. The molecule has 0 atom stereocenters. The minimum absolute atomic E-state index is 0.0688. The largest absolute Gasteiger partial charge is 0.496 e. The smallest absolute Gasteiger partial charge is 0.282 e. The SMILES string of the molecule is COc1ccc(C(=O)N2CCN(S(=O)(=O)N3CCCCCC3)CC2)c2ccccc12. The highest BCUT2D eigenvalue weighted by atomic mass is 32.2. The maximum Gasteiger partial charge on any atom is 0.282 e. The van der Waals surface area contributed by atoms with Gasteiger partial charge in [0, 0.05) is 50.2 Å². The molecule has 7 nitrogen and oxygen atoms in total. The average Bonchev–Trinajstić information content (AvgIpc) is 3.08. The third kappa shape index (κ3) is 4.04. The van der Waals surface area contributed by atoms with Crippen LogP contribution >= 0.6 is 0 Å². The number of ether oxygens (including phenoxy) is 1. The van der Waals surface area contributed by atoms with Crippen LogP contribution in [0.3, 0.4) is 0 Å². The molecule has 2 aliphatic rings. The van der Waals surface area contributed by atoms with Crippen molar-refractivity contribution in [1.82, 2.24) is 13.5 Å². The minimum atomic E-state index is -3.45. The quantitative estimate of drug-likeness (QED) is 0.746. The van der Waals surface area contributed by atoms with Crippen molar-refractivity contribution in [2.24, 2.45) is 0 Å². The number of piperazine rings is 1. The first-order valence-corrected chi connectivity index (χ1v) is 12.0. The van der Waals surface area contributed by atoms with Crippen molar-refractivity contribution in [3.63, 3.8) is 0 Å². The lowest BCUT2D eigenvalue weighted by atomic mass is 10.0. The zero-order chi connectivity index (χ0) is 21.1. The van der Waals surface area contributed by atoms with E-state index in [-0.39, 0.29) is 5.91 Å². The molecule has 2 heterocycles. The number of carbonyl (C=O) groups excluding carboxylic acids is 1. The molecule has 8 heteroatoms. The van der Waals surface area contributed by atoms with Gasteiger partial charge in [0.15, 0.2) is 0 Å². The Morgan fingerprint density at radius 3 is 2.03 bits per heavy atom. The van der Waals surface area contributed by atoms with E-state index in [2.05, 4.69) is 0 Å². The number of rotatable bonds is 4. The Hall–Kier alpha value is -2.16. The summed E-state index contributed by atoms with van der Waals surface area (Å²) in [6, 6.07) is 11.3. The van der Waals surface area contributed by atoms with E-state index in [1.165, 1.54) is 4.31 Å². The topological polar surface area (TPSA) is 70.2 Å². The van der Waals surface area contributed by atoms with Gasteiger partial charge in [-0.05, 0) is 30.4 Å². The summed E-state index contributed by atoms with van der Waals surface area (Å²) in [5.41, 5.74) is 0.621. The molecule has 0 N–H and O–H groups in total. The zero-order valence-electron chi connectivity index (χ0n) is 17.4. The van der Waals surface area contributed by atoms with Gasteiger partial charge in [-0.3, -0.25) is 4.79 Å². The molecule has 162 valence electrons. The van der Waals surface area contributed by atoms with E-state index in [4.69, 9.17) is 4.74 Å². The molecule has 2 fully saturated rings. The Bertz CT molecular complexity index is 1010. The van der Waals surface area contributed by atoms with Crippen LogP contribution in [0.2, 0.25) is 0 Å². The number of carbonyl (C=O) groups is 1. The molecule has 0 aromatic heterocycles. The standard InChI is InChI=1S/C22H29N3O4S/c1-29-21-11-10-20(18-8-4-5-9-19(18)21)22(26)23-14-16-25(17-15-23)30(27,28)24-12-6-2-3-7-13-24/h4-5,8-11H,2-3,6-7,12-17H2,1H3. The number of hydrogen-bond donors (Lipinski definition) is 0. The van der Waals surface area contributed by atoms with Crippen LogP contribution in [0, 0.1) is 0 Å². The summed E-state index contributed by atoms with van der Waals surface area (Å²) in [7, 11) is -1.84. The number of fused-ring (bicyclic) bond motifs is 1. The fraction of sp³-hybridized carbons (Fsp3) is 0.500. The second kappa shape index (κ2) is 8.91.